The second-order valence-corrected chi connectivity index (χ2v) is 7.69. The monoisotopic (exact) mass is 331 g/mol. The maximum atomic E-state index is 12.2. The van der Waals surface area contributed by atoms with Crippen molar-refractivity contribution in [3.05, 3.63) is 65.7 Å². The van der Waals surface area contributed by atoms with Gasteiger partial charge < -0.3 is 5.32 Å². The molecule has 0 aliphatic rings. The first-order chi connectivity index (χ1) is 10.9. The van der Waals surface area contributed by atoms with E-state index in [0.717, 1.165) is 11.1 Å². The molecule has 0 saturated carbocycles. The van der Waals surface area contributed by atoms with E-state index in [4.69, 9.17) is 0 Å². The van der Waals surface area contributed by atoms with Crippen molar-refractivity contribution >= 4 is 15.7 Å². The predicted octanol–water partition coefficient (Wildman–Crippen LogP) is 3.04. The van der Waals surface area contributed by atoms with Gasteiger partial charge in [-0.2, -0.15) is 0 Å². The molecule has 122 valence electrons. The summed E-state index contributed by atoms with van der Waals surface area (Å²) in [5.41, 5.74) is 1.99. The van der Waals surface area contributed by atoms with Crippen LogP contribution in [0.2, 0.25) is 0 Å². The van der Waals surface area contributed by atoms with E-state index in [9.17, 15) is 13.2 Å². The van der Waals surface area contributed by atoms with Crippen LogP contribution in [0.1, 0.15) is 30.5 Å². The van der Waals surface area contributed by atoms with Crippen molar-refractivity contribution in [1.29, 1.82) is 0 Å². The Hall–Kier alpha value is -2.14. The van der Waals surface area contributed by atoms with Crippen LogP contribution in [0.5, 0.6) is 0 Å². The summed E-state index contributed by atoms with van der Waals surface area (Å²) in [7, 11) is -3.43. The predicted molar refractivity (Wildman–Crippen MR) is 90.8 cm³/mol. The third-order valence-corrected chi connectivity index (χ3v) is 5.39. The van der Waals surface area contributed by atoms with Crippen molar-refractivity contribution < 1.29 is 13.2 Å². The molecule has 1 amide bonds. The lowest BCUT2D eigenvalue weighted by molar-refractivity contribution is -0.121. The molecule has 0 spiro atoms. The van der Waals surface area contributed by atoms with Gasteiger partial charge in [0, 0.05) is 6.42 Å². The minimum Gasteiger partial charge on any atom is -0.350 e. The van der Waals surface area contributed by atoms with Gasteiger partial charge in [-0.1, -0.05) is 48.0 Å². The van der Waals surface area contributed by atoms with Gasteiger partial charge in [-0.05, 0) is 31.5 Å². The SMILES string of the molecule is Cc1ccc(S(=O)(=O)CCC(=O)N[C@@H](C)c2ccccc2)cc1. The molecule has 23 heavy (non-hydrogen) atoms. The van der Waals surface area contributed by atoms with Crippen molar-refractivity contribution in [3.8, 4) is 0 Å². The van der Waals surface area contributed by atoms with Crippen LogP contribution in [0.15, 0.2) is 59.5 Å². The molecule has 2 aromatic carbocycles. The normalized spacial score (nSPS) is 12.6. The molecule has 0 aromatic heterocycles. The van der Waals surface area contributed by atoms with E-state index in [0.29, 0.717) is 0 Å². The summed E-state index contributed by atoms with van der Waals surface area (Å²) in [4.78, 5) is 12.2. The summed E-state index contributed by atoms with van der Waals surface area (Å²) in [5.74, 6) is -0.458. The topological polar surface area (TPSA) is 63.2 Å². The van der Waals surface area contributed by atoms with E-state index in [2.05, 4.69) is 5.32 Å². The molecule has 0 fully saturated rings. The maximum Gasteiger partial charge on any atom is 0.221 e. The largest absolute Gasteiger partial charge is 0.350 e. The quantitative estimate of drug-likeness (QED) is 0.885. The Morgan fingerprint density at radius 2 is 1.65 bits per heavy atom. The fraction of sp³-hybridized carbons (Fsp3) is 0.278. The number of hydrogen-bond donors (Lipinski definition) is 1. The molecule has 0 saturated heterocycles. The summed E-state index contributed by atoms with van der Waals surface area (Å²) in [5, 5.41) is 2.83. The zero-order chi connectivity index (χ0) is 16.9. The standard InChI is InChI=1S/C18H21NO3S/c1-14-8-10-17(11-9-14)23(21,22)13-12-18(20)19-15(2)16-6-4-3-5-7-16/h3-11,15H,12-13H2,1-2H3,(H,19,20)/t15-/m0/s1. The Labute approximate surface area is 137 Å². The molecule has 0 radical (unpaired) electrons. The van der Waals surface area contributed by atoms with Gasteiger partial charge in [0.05, 0.1) is 16.7 Å². The zero-order valence-corrected chi connectivity index (χ0v) is 14.1. The van der Waals surface area contributed by atoms with Crippen LogP contribution < -0.4 is 5.32 Å². The maximum absolute atomic E-state index is 12.2. The molecule has 1 atom stereocenters. The molecule has 0 aliphatic carbocycles. The van der Waals surface area contributed by atoms with Crippen molar-refractivity contribution in [3.63, 3.8) is 0 Å². The van der Waals surface area contributed by atoms with Crippen LogP contribution in [-0.4, -0.2) is 20.1 Å². The van der Waals surface area contributed by atoms with Crippen molar-refractivity contribution in [1.82, 2.24) is 5.32 Å². The van der Waals surface area contributed by atoms with Crippen molar-refractivity contribution in [2.75, 3.05) is 5.75 Å². The Morgan fingerprint density at radius 1 is 1.04 bits per heavy atom. The number of nitrogens with one attached hydrogen (secondary N) is 1. The minimum atomic E-state index is -3.43. The second-order valence-electron chi connectivity index (χ2n) is 5.58. The highest BCUT2D eigenvalue weighted by molar-refractivity contribution is 7.91. The highest BCUT2D eigenvalue weighted by atomic mass is 32.2. The van der Waals surface area contributed by atoms with E-state index >= 15 is 0 Å². The molecular formula is C18H21NO3S. The van der Waals surface area contributed by atoms with E-state index in [1.807, 2.05) is 44.2 Å². The van der Waals surface area contributed by atoms with Gasteiger partial charge in [-0.3, -0.25) is 4.79 Å². The van der Waals surface area contributed by atoms with Crippen LogP contribution >= 0.6 is 0 Å². The summed E-state index contributed by atoms with van der Waals surface area (Å²) in [6.07, 6.45) is -0.0482. The van der Waals surface area contributed by atoms with Gasteiger partial charge >= 0.3 is 0 Å². The first-order valence-electron chi connectivity index (χ1n) is 7.52. The van der Waals surface area contributed by atoms with Gasteiger partial charge in [0.1, 0.15) is 0 Å². The lowest BCUT2D eigenvalue weighted by atomic mass is 10.1. The van der Waals surface area contributed by atoms with Crippen molar-refractivity contribution in [2.45, 2.75) is 31.2 Å². The lowest BCUT2D eigenvalue weighted by Crippen LogP contribution is -2.28. The van der Waals surface area contributed by atoms with Crippen LogP contribution in [0, 0.1) is 6.92 Å². The Bertz CT molecular complexity index is 753. The first kappa shape index (κ1) is 17.2. The number of rotatable bonds is 6. The molecule has 5 heteroatoms. The number of hydrogen-bond acceptors (Lipinski definition) is 3. The molecule has 0 heterocycles. The van der Waals surface area contributed by atoms with Crippen LogP contribution in [0.3, 0.4) is 0 Å². The van der Waals surface area contributed by atoms with E-state index in [1.165, 1.54) is 0 Å². The van der Waals surface area contributed by atoms with E-state index in [-0.39, 0.29) is 29.0 Å². The second kappa shape index (κ2) is 7.42. The minimum absolute atomic E-state index is 0.0482. The molecule has 1 N–H and O–H groups in total. The number of amides is 1. The van der Waals surface area contributed by atoms with Gasteiger partial charge in [0.15, 0.2) is 9.84 Å². The number of carbonyl (C=O) groups excluding carboxylic acids is 1. The molecule has 0 aliphatic heterocycles. The van der Waals surface area contributed by atoms with Crippen LogP contribution in [-0.2, 0) is 14.6 Å². The fourth-order valence-corrected chi connectivity index (χ4v) is 3.47. The lowest BCUT2D eigenvalue weighted by Gasteiger charge is -2.14. The molecule has 2 aromatic rings. The number of benzene rings is 2. The molecular weight excluding hydrogens is 310 g/mol. The third kappa shape index (κ3) is 4.93. The average Bonchev–Trinajstić information content (AvgIpc) is 2.54. The Kier molecular flexibility index (Phi) is 5.55. The third-order valence-electron chi connectivity index (χ3n) is 3.66. The molecule has 0 unspecified atom stereocenters. The number of carbonyl (C=O) groups is 1. The highest BCUT2D eigenvalue weighted by Crippen LogP contribution is 2.14. The number of sulfone groups is 1. The van der Waals surface area contributed by atoms with Gasteiger partial charge in [0.25, 0.3) is 0 Å². The summed E-state index contributed by atoms with van der Waals surface area (Å²) in [6.45, 7) is 3.77. The van der Waals surface area contributed by atoms with E-state index < -0.39 is 9.84 Å². The average molecular weight is 331 g/mol. The van der Waals surface area contributed by atoms with Crippen LogP contribution in [0.25, 0.3) is 0 Å². The first-order valence-corrected chi connectivity index (χ1v) is 9.17. The van der Waals surface area contributed by atoms with E-state index in [1.54, 1.807) is 24.3 Å². The smallest absolute Gasteiger partial charge is 0.221 e. The fourth-order valence-electron chi connectivity index (χ4n) is 2.23. The summed E-state index contributed by atoms with van der Waals surface area (Å²) >= 11 is 0. The number of aryl methyl sites for hydroxylation is 1. The Morgan fingerprint density at radius 3 is 2.26 bits per heavy atom. The molecule has 0 bridgehead atoms. The van der Waals surface area contributed by atoms with Gasteiger partial charge in [-0.15, -0.1) is 0 Å². The highest BCUT2D eigenvalue weighted by Gasteiger charge is 2.17. The molecule has 2 rings (SSSR count). The van der Waals surface area contributed by atoms with Crippen molar-refractivity contribution in [2.24, 2.45) is 0 Å². The van der Waals surface area contributed by atoms with Gasteiger partial charge in [0.2, 0.25) is 5.91 Å². The Balaban J connectivity index is 1.92. The van der Waals surface area contributed by atoms with Gasteiger partial charge in [-0.25, -0.2) is 8.42 Å². The zero-order valence-electron chi connectivity index (χ0n) is 13.3. The summed E-state index contributed by atoms with van der Waals surface area (Å²) in [6, 6.07) is 16.1. The molecule has 4 nitrogen and oxygen atoms in total. The summed E-state index contributed by atoms with van der Waals surface area (Å²) < 4.78 is 24.4. The van der Waals surface area contributed by atoms with Crippen LogP contribution in [0.4, 0.5) is 0 Å².